The van der Waals surface area contributed by atoms with Gasteiger partial charge < -0.3 is 29.7 Å². The van der Waals surface area contributed by atoms with Crippen LogP contribution in [-0.2, 0) is 16.0 Å². The number of para-hydroxylation sites is 2. The summed E-state index contributed by atoms with van der Waals surface area (Å²) in [5.41, 5.74) is 3.68. The molecule has 0 saturated carbocycles. The third kappa shape index (κ3) is 5.91. The third-order valence-electron chi connectivity index (χ3n) is 7.62. The van der Waals surface area contributed by atoms with E-state index in [1.807, 2.05) is 46.7 Å². The number of thiophene rings is 1. The number of benzene rings is 2. The molecule has 1 aromatic heterocycles. The van der Waals surface area contributed by atoms with Crippen molar-refractivity contribution in [2.24, 2.45) is 5.41 Å². The van der Waals surface area contributed by atoms with Crippen LogP contribution in [0.1, 0.15) is 43.2 Å². The first-order valence-electron chi connectivity index (χ1n) is 13.7. The molecule has 1 unspecified atom stereocenters. The van der Waals surface area contributed by atoms with Gasteiger partial charge >= 0.3 is 0 Å². The average Bonchev–Trinajstić information content (AvgIpc) is 3.42. The summed E-state index contributed by atoms with van der Waals surface area (Å²) in [6.45, 7) is 4.78. The Hall–Kier alpha value is -3.98. The van der Waals surface area contributed by atoms with Crippen LogP contribution >= 0.6 is 11.3 Å². The smallest absolute Gasteiger partial charge is 0.239 e. The maximum Gasteiger partial charge on any atom is 0.239 e. The number of carbonyl (C=O) groups excluding carboxylic acids is 2. The van der Waals surface area contributed by atoms with Crippen LogP contribution in [0.4, 0.5) is 11.4 Å². The molecule has 5 rings (SSSR count). The van der Waals surface area contributed by atoms with E-state index in [2.05, 4.69) is 30.5 Å². The van der Waals surface area contributed by atoms with Gasteiger partial charge in [-0.3, -0.25) is 9.59 Å². The molecule has 0 fully saturated rings. The highest BCUT2D eigenvalue weighted by Gasteiger charge is 2.43. The van der Waals surface area contributed by atoms with Crippen molar-refractivity contribution >= 4 is 34.4 Å². The summed E-state index contributed by atoms with van der Waals surface area (Å²) in [6.07, 6.45) is 1.85. The second-order valence-corrected chi connectivity index (χ2v) is 12.2. The molecule has 1 amide bonds. The summed E-state index contributed by atoms with van der Waals surface area (Å²) in [4.78, 5) is 30.8. The Balaban J connectivity index is 1.64. The average molecular weight is 576 g/mol. The van der Waals surface area contributed by atoms with E-state index in [-0.39, 0.29) is 23.7 Å². The van der Waals surface area contributed by atoms with Gasteiger partial charge in [-0.25, -0.2) is 0 Å². The molecule has 41 heavy (non-hydrogen) atoms. The van der Waals surface area contributed by atoms with Crippen LogP contribution in [0.25, 0.3) is 0 Å². The molecule has 2 aromatic carbocycles. The molecule has 9 heteroatoms. The van der Waals surface area contributed by atoms with Crippen molar-refractivity contribution in [1.82, 2.24) is 5.32 Å². The van der Waals surface area contributed by atoms with Gasteiger partial charge in [-0.05, 0) is 47.9 Å². The van der Waals surface area contributed by atoms with Gasteiger partial charge in [-0.15, -0.1) is 11.3 Å². The predicted octanol–water partition coefficient (Wildman–Crippen LogP) is 5.75. The lowest BCUT2D eigenvalue weighted by Crippen LogP contribution is -2.42. The summed E-state index contributed by atoms with van der Waals surface area (Å²) in [5.74, 6) is 1.48. The number of amides is 1. The maximum atomic E-state index is 14.0. The SMILES string of the molecule is COc1cc(OC)c(C2C3=C(CC(C)(C)CC3=O)Nc3ccccc3N2CC(=O)NCCc2cccs2)cc1OC. The number of carbonyl (C=O) groups is 2. The van der Waals surface area contributed by atoms with Crippen LogP contribution < -0.4 is 29.7 Å². The largest absolute Gasteiger partial charge is 0.496 e. The molecular weight excluding hydrogens is 538 g/mol. The van der Waals surface area contributed by atoms with Crippen LogP contribution in [0.5, 0.6) is 17.2 Å². The number of rotatable bonds is 9. The molecule has 0 saturated heterocycles. The number of ether oxygens (including phenoxy) is 3. The number of hydrogen-bond donors (Lipinski definition) is 2. The van der Waals surface area contributed by atoms with Gasteiger partial charge in [0.05, 0.1) is 45.3 Å². The Morgan fingerprint density at radius 3 is 2.46 bits per heavy atom. The van der Waals surface area contributed by atoms with E-state index < -0.39 is 6.04 Å². The van der Waals surface area contributed by atoms with Crippen molar-refractivity contribution in [3.8, 4) is 17.2 Å². The van der Waals surface area contributed by atoms with E-state index in [1.54, 1.807) is 38.7 Å². The summed E-state index contributed by atoms with van der Waals surface area (Å²) in [6, 6.07) is 15.0. The molecule has 0 bridgehead atoms. The van der Waals surface area contributed by atoms with Gasteiger partial charge in [0.2, 0.25) is 5.91 Å². The Bertz CT molecular complexity index is 1460. The monoisotopic (exact) mass is 575 g/mol. The lowest BCUT2D eigenvalue weighted by atomic mass is 9.73. The lowest BCUT2D eigenvalue weighted by Gasteiger charge is -2.38. The van der Waals surface area contributed by atoms with E-state index in [4.69, 9.17) is 14.2 Å². The molecule has 2 heterocycles. The van der Waals surface area contributed by atoms with E-state index in [0.29, 0.717) is 42.2 Å². The molecule has 2 N–H and O–H groups in total. The van der Waals surface area contributed by atoms with E-state index in [0.717, 1.165) is 29.1 Å². The predicted molar refractivity (Wildman–Crippen MR) is 162 cm³/mol. The van der Waals surface area contributed by atoms with Crippen LogP contribution in [0.3, 0.4) is 0 Å². The number of anilines is 2. The number of nitrogens with zero attached hydrogens (tertiary/aromatic N) is 1. The zero-order valence-electron chi connectivity index (χ0n) is 24.2. The second kappa shape index (κ2) is 11.9. The summed E-state index contributed by atoms with van der Waals surface area (Å²) in [5, 5.41) is 8.71. The first-order valence-corrected chi connectivity index (χ1v) is 14.6. The van der Waals surface area contributed by atoms with Crippen molar-refractivity contribution in [2.45, 2.75) is 39.2 Å². The van der Waals surface area contributed by atoms with E-state index in [9.17, 15) is 9.59 Å². The van der Waals surface area contributed by atoms with Crippen molar-refractivity contribution < 1.29 is 23.8 Å². The quantitative estimate of drug-likeness (QED) is 0.336. The number of nitrogens with one attached hydrogen (secondary N) is 2. The lowest BCUT2D eigenvalue weighted by molar-refractivity contribution is -0.120. The van der Waals surface area contributed by atoms with Gasteiger partial charge in [0.1, 0.15) is 5.75 Å². The third-order valence-corrected chi connectivity index (χ3v) is 8.56. The summed E-state index contributed by atoms with van der Waals surface area (Å²) < 4.78 is 17.1. The molecule has 8 nitrogen and oxygen atoms in total. The molecular formula is C32H37N3O5S. The van der Waals surface area contributed by atoms with Gasteiger partial charge in [-0.1, -0.05) is 32.0 Å². The van der Waals surface area contributed by atoms with Crippen LogP contribution in [0.2, 0.25) is 0 Å². The Morgan fingerprint density at radius 2 is 1.76 bits per heavy atom. The van der Waals surface area contributed by atoms with Gasteiger partial charge in [0.25, 0.3) is 0 Å². The summed E-state index contributed by atoms with van der Waals surface area (Å²) >= 11 is 1.67. The van der Waals surface area contributed by atoms with Crippen molar-refractivity contribution in [1.29, 1.82) is 0 Å². The molecule has 1 aliphatic carbocycles. The highest BCUT2D eigenvalue weighted by molar-refractivity contribution is 7.09. The highest BCUT2D eigenvalue weighted by Crippen LogP contribution is 2.51. The minimum atomic E-state index is -0.609. The number of ketones is 1. The standard InChI is InChI=1S/C32H37N3O5S/c1-32(2)17-23-30(25(36)18-32)31(21-15-27(39-4)28(40-5)16-26(21)38-3)35(24-11-7-6-10-22(24)34-23)19-29(37)33-13-12-20-9-8-14-41-20/h6-11,14-16,31,34H,12-13,17-19H2,1-5H3,(H,33,37). The zero-order chi connectivity index (χ0) is 29.1. The Morgan fingerprint density at radius 1 is 1.02 bits per heavy atom. The van der Waals surface area contributed by atoms with E-state index in [1.165, 1.54) is 4.88 Å². The second-order valence-electron chi connectivity index (χ2n) is 11.1. The minimum Gasteiger partial charge on any atom is -0.496 e. The van der Waals surface area contributed by atoms with Crippen molar-refractivity contribution in [2.75, 3.05) is 44.6 Å². The molecule has 1 atom stereocenters. The van der Waals surface area contributed by atoms with Crippen LogP contribution in [0.15, 0.2) is 65.2 Å². The molecule has 0 spiro atoms. The van der Waals surface area contributed by atoms with Crippen molar-refractivity contribution in [3.05, 3.63) is 75.6 Å². The Labute approximate surface area is 245 Å². The minimum absolute atomic E-state index is 0.0404. The zero-order valence-corrected chi connectivity index (χ0v) is 25.0. The van der Waals surface area contributed by atoms with Gasteiger partial charge in [0.15, 0.2) is 17.3 Å². The molecule has 1 aliphatic heterocycles. The van der Waals surface area contributed by atoms with Crippen molar-refractivity contribution in [3.63, 3.8) is 0 Å². The Kier molecular flexibility index (Phi) is 8.26. The number of Topliss-reactive ketones (excluding diaryl/α,β-unsaturated/α-hetero) is 1. The number of hydrogen-bond acceptors (Lipinski definition) is 8. The fraction of sp³-hybridized carbons (Fsp3) is 0.375. The van der Waals surface area contributed by atoms with Gasteiger partial charge in [0, 0.05) is 40.7 Å². The number of allylic oxidation sites excluding steroid dienone is 1. The van der Waals surface area contributed by atoms with Crippen LogP contribution in [0, 0.1) is 5.41 Å². The normalized spacial score (nSPS) is 17.6. The number of methoxy groups -OCH3 is 3. The molecule has 2 aliphatic rings. The highest BCUT2D eigenvalue weighted by atomic mass is 32.1. The molecule has 0 radical (unpaired) electrons. The molecule has 216 valence electrons. The topological polar surface area (TPSA) is 89.1 Å². The fourth-order valence-electron chi connectivity index (χ4n) is 5.81. The van der Waals surface area contributed by atoms with Gasteiger partial charge in [-0.2, -0.15) is 0 Å². The van der Waals surface area contributed by atoms with Crippen LogP contribution in [-0.4, -0.2) is 46.1 Å². The molecule has 3 aromatic rings. The first kappa shape index (κ1) is 28.5. The number of fused-ring (bicyclic) bond motifs is 1. The fourth-order valence-corrected chi connectivity index (χ4v) is 6.52. The summed E-state index contributed by atoms with van der Waals surface area (Å²) in [7, 11) is 4.75. The maximum absolute atomic E-state index is 14.0. The van der Waals surface area contributed by atoms with E-state index >= 15 is 0 Å². The first-order chi connectivity index (χ1) is 19.7.